The summed E-state index contributed by atoms with van der Waals surface area (Å²) in [5, 5.41) is 3.54. The molecule has 2 amide bonds. The third-order valence-electron chi connectivity index (χ3n) is 6.84. The Kier molecular flexibility index (Phi) is 8.63. The lowest BCUT2D eigenvalue weighted by molar-refractivity contribution is 0.0792. The van der Waals surface area contributed by atoms with Gasteiger partial charge in [-0.1, -0.05) is 19.1 Å². The minimum Gasteiger partial charge on any atom is -0.339 e. The van der Waals surface area contributed by atoms with Gasteiger partial charge < -0.3 is 10.2 Å². The zero-order chi connectivity index (χ0) is 26.6. The van der Waals surface area contributed by atoms with Crippen LogP contribution in [0.15, 0.2) is 54.5 Å². The molecule has 2 aliphatic rings. The van der Waals surface area contributed by atoms with E-state index in [2.05, 4.69) is 30.3 Å². The van der Waals surface area contributed by atoms with Crippen molar-refractivity contribution < 1.29 is 18.0 Å². The molecule has 2 aromatic rings. The van der Waals surface area contributed by atoms with Crippen LogP contribution >= 0.6 is 11.3 Å². The molecule has 1 N–H and O–H groups in total. The molecule has 4 rings (SSSR count). The van der Waals surface area contributed by atoms with E-state index in [4.69, 9.17) is 0 Å². The van der Waals surface area contributed by atoms with Crippen LogP contribution in [0.3, 0.4) is 0 Å². The monoisotopic (exact) mass is 542 g/mol. The summed E-state index contributed by atoms with van der Waals surface area (Å²) >= 11 is 1.47. The van der Waals surface area contributed by atoms with Gasteiger partial charge in [0.1, 0.15) is 5.00 Å². The summed E-state index contributed by atoms with van der Waals surface area (Å²) in [5.74, 6) is -0.388. The number of benzene rings is 1. The maximum absolute atomic E-state index is 13.5. The van der Waals surface area contributed by atoms with Gasteiger partial charge in [0.05, 0.1) is 10.5 Å². The standard InChI is InChI=1S/C27H34N4O4S2/c1-4-14-31(15-5-2)37(34,35)21-11-9-20(10-12-21)25(32)28-26-24(27(33)30-16-7-8-17-30)22-13-18-29(6-3)19-23(22)36-26/h4-5,9-12H,1-2,6-8,13-19H2,3H3,(H,28,32). The molecule has 0 atom stereocenters. The van der Waals surface area contributed by atoms with E-state index in [1.54, 1.807) is 0 Å². The van der Waals surface area contributed by atoms with Gasteiger partial charge in [0, 0.05) is 49.7 Å². The van der Waals surface area contributed by atoms with Crippen LogP contribution in [0.5, 0.6) is 0 Å². The molecule has 1 saturated heterocycles. The Bertz CT molecular complexity index is 1270. The Morgan fingerprint density at radius 1 is 1.08 bits per heavy atom. The van der Waals surface area contributed by atoms with Gasteiger partial charge in [-0.25, -0.2) is 8.42 Å². The highest BCUT2D eigenvalue weighted by Crippen LogP contribution is 2.38. The molecule has 0 radical (unpaired) electrons. The largest absolute Gasteiger partial charge is 0.339 e. The molecule has 0 aliphatic carbocycles. The van der Waals surface area contributed by atoms with Gasteiger partial charge in [0.25, 0.3) is 11.8 Å². The molecule has 0 bridgehead atoms. The lowest BCUT2D eigenvalue weighted by Crippen LogP contribution is -2.32. The first-order chi connectivity index (χ1) is 17.8. The number of fused-ring (bicyclic) bond motifs is 1. The van der Waals surface area contributed by atoms with Crippen LogP contribution in [-0.2, 0) is 23.0 Å². The van der Waals surface area contributed by atoms with Crippen LogP contribution < -0.4 is 5.32 Å². The molecular formula is C27H34N4O4S2. The number of thiophene rings is 1. The van der Waals surface area contributed by atoms with E-state index in [1.165, 1.54) is 52.1 Å². The number of amides is 2. The summed E-state index contributed by atoms with van der Waals surface area (Å²) in [4.78, 5) is 32.1. The fourth-order valence-electron chi connectivity index (χ4n) is 4.78. The molecular weight excluding hydrogens is 508 g/mol. The molecule has 1 aromatic carbocycles. The van der Waals surface area contributed by atoms with E-state index in [9.17, 15) is 18.0 Å². The smallest absolute Gasteiger partial charge is 0.257 e. The lowest BCUT2D eigenvalue weighted by atomic mass is 10.0. The Morgan fingerprint density at radius 3 is 2.32 bits per heavy atom. The lowest BCUT2D eigenvalue weighted by Gasteiger charge is -2.26. The maximum atomic E-state index is 13.5. The number of carbonyl (C=O) groups is 2. The van der Waals surface area contributed by atoms with Crippen molar-refractivity contribution in [3.05, 3.63) is 71.1 Å². The number of sulfonamides is 1. The van der Waals surface area contributed by atoms with Gasteiger partial charge >= 0.3 is 0 Å². The minimum absolute atomic E-state index is 0.0128. The average molecular weight is 543 g/mol. The number of nitrogens with zero attached hydrogens (tertiary/aromatic N) is 3. The molecule has 0 spiro atoms. The SMILES string of the molecule is C=CCN(CC=C)S(=O)(=O)c1ccc(C(=O)Nc2sc3c(c2C(=O)N2CCCC2)CCN(CC)C3)cc1. The van der Waals surface area contributed by atoms with Gasteiger partial charge in [-0.15, -0.1) is 24.5 Å². The molecule has 198 valence electrons. The first-order valence-corrected chi connectivity index (χ1v) is 14.8. The van der Waals surface area contributed by atoms with E-state index in [1.807, 2.05) is 4.90 Å². The molecule has 1 aromatic heterocycles. The van der Waals surface area contributed by atoms with Crippen LogP contribution in [0.25, 0.3) is 0 Å². The topological polar surface area (TPSA) is 90.0 Å². The van der Waals surface area contributed by atoms with E-state index in [-0.39, 0.29) is 29.8 Å². The molecule has 3 heterocycles. The van der Waals surface area contributed by atoms with Crippen molar-refractivity contribution in [3.63, 3.8) is 0 Å². The first-order valence-electron chi connectivity index (χ1n) is 12.6. The van der Waals surface area contributed by atoms with E-state index in [0.717, 1.165) is 62.4 Å². The van der Waals surface area contributed by atoms with Gasteiger partial charge in [-0.2, -0.15) is 4.31 Å². The summed E-state index contributed by atoms with van der Waals surface area (Å²) in [6.07, 6.45) is 5.81. The third kappa shape index (κ3) is 5.72. The number of hydrogen-bond donors (Lipinski definition) is 1. The molecule has 2 aliphatic heterocycles. The number of likely N-dealkylation sites (N-methyl/N-ethyl adjacent to an activating group) is 1. The molecule has 1 fully saturated rings. The quantitative estimate of drug-likeness (QED) is 0.459. The second kappa shape index (κ2) is 11.7. The molecule has 0 saturated carbocycles. The highest BCUT2D eigenvalue weighted by Gasteiger charge is 2.32. The van der Waals surface area contributed by atoms with Crippen LogP contribution in [0.1, 0.15) is 50.9 Å². The second-order valence-electron chi connectivity index (χ2n) is 9.20. The Balaban J connectivity index is 1.59. The fraction of sp³-hybridized carbons (Fsp3) is 0.407. The number of carbonyl (C=O) groups excluding carboxylic acids is 2. The molecule has 8 nitrogen and oxygen atoms in total. The average Bonchev–Trinajstić information content (AvgIpc) is 3.56. The molecule has 10 heteroatoms. The fourth-order valence-corrected chi connectivity index (χ4v) is 7.44. The zero-order valence-corrected chi connectivity index (χ0v) is 22.9. The van der Waals surface area contributed by atoms with Crippen molar-refractivity contribution in [2.75, 3.05) is 44.6 Å². The normalized spacial score (nSPS) is 16.0. The second-order valence-corrected chi connectivity index (χ2v) is 12.2. The first kappa shape index (κ1) is 27.3. The zero-order valence-electron chi connectivity index (χ0n) is 21.2. The highest BCUT2D eigenvalue weighted by molar-refractivity contribution is 7.89. The summed E-state index contributed by atoms with van der Waals surface area (Å²) in [6, 6.07) is 5.85. The Labute approximate surface area is 223 Å². The number of likely N-dealkylation sites (tertiary alicyclic amines) is 1. The van der Waals surface area contributed by atoms with Crippen molar-refractivity contribution >= 4 is 38.2 Å². The van der Waals surface area contributed by atoms with E-state index < -0.39 is 10.0 Å². The van der Waals surface area contributed by atoms with E-state index in [0.29, 0.717) is 16.1 Å². The van der Waals surface area contributed by atoms with Gasteiger partial charge in [-0.05, 0) is 55.6 Å². The number of rotatable bonds is 10. The number of nitrogens with one attached hydrogen (secondary N) is 1. The van der Waals surface area contributed by atoms with Crippen molar-refractivity contribution in [1.29, 1.82) is 0 Å². The minimum atomic E-state index is -3.76. The number of anilines is 1. The van der Waals surface area contributed by atoms with Crippen LogP contribution in [0.2, 0.25) is 0 Å². The van der Waals surface area contributed by atoms with Crippen LogP contribution in [0.4, 0.5) is 5.00 Å². The highest BCUT2D eigenvalue weighted by atomic mass is 32.2. The summed E-state index contributed by atoms with van der Waals surface area (Å²) in [5.41, 5.74) is 1.99. The van der Waals surface area contributed by atoms with Gasteiger partial charge in [-0.3, -0.25) is 14.5 Å². The summed E-state index contributed by atoms with van der Waals surface area (Å²) < 4.78 is 27.2. The van der Waals surface area contributed by atoms with Gasteiger partial charge in [0.2, 0.25) is 10.0 Å². The Hall–Kier alpha value is -2.79. The maximum Gasteiger partial charge on any atom is 0.257 e. The predicted octanol–water partition coefficient (Wildman–Crippen LogP) is 3.98. The Morgan fingerprint density at radius 2 is 1.73 bits per heavy atom. The van der Waals surface area contributed by atoms with Crippen molar-refractivity contribution in [1.82, 2.24) is 14.1 Å². The van der Waals surface area contributed by atoms with Gasteiger partial charge in [0.15, 0.2) is 0 Å². The van der Waals surface area contributed by atoms with Crippen molar-refractivity contribution in [3.8, 4) is 0 Å². The predicted molar refractivity (Wildman–Crippen MR) is 148 cm³/mol. The van der Waals surface area contributed by atoms with Crippen molar-refractivity contribution in [2.45, 2.75) is 37.6 Å². The van der Waals surface area contributed by atoms with E-state index >= 15 is 0 Å². The third-order valence-corrected chi connectivity index (χ3v) is 9.82. The molecule has 37 heavy (non-hydrogen) atoms. The summed E-state index contributed by atoms with van der Waals surface area (Å²) in [6.45, 7) is 13.7. The molecule has 0 unspecified atom stereocenters. The van der Waals surface area contributed by atoms with Crippen LogP contribution in [-0.4, -0.2) is 73.6 Å². The van der Waals surface area contributed by atoms with Crippen LogP contribution in [0, 0.1) is 0 Å². The number of hydrogen-bond acceptors (Lipinski definition) is 6. The van der Waals surface area contributed by atoms with Crippen molar-refractivity contribution in [2.24, 2.45) is 0 Å². The summed E-state index contributed by atoms with van der Waals surface area (Å²) in [7, 11) is -3.76.